The highest BCUT2D eigenvalue weighted by Crippen LogP contribution is 2.38. The van der Waals surface area contributed by atoms with Gasteiger partial charge >= 0.3 is 0 Å². The Morgan fingerprint density at radius 2 is 1.96 bits per heavy atom. The van der Waals surface area contributed by atoms with E-state index in [1.807, 2.05) is 25.1 Å². The summed E-state index contributed by atoms with van der Waals surface area (Å²) in [5.74, 6) is -0.172. The van der Waals surface area contributed by atoms with E-state index in [1.54, 1.807) is 13.2 Å². The highest BCUT2D eigenvalue weighted by Gasteiger charge is 2.39. The summed E-state index contributed by atoms with van der Waals surface area (Å²) in [5, 5.41) is 5.49. The zero-order valence-corrected chi connectivity index (χ0v) is 14.7. The Morgan fingerprint density at radius 1 is 1.23 bits per heavy atom. The summed E-state index contributed by atoms with van der Waals surface area (Å²) in [7, 11) is 1.56. The second-order valence-electron chi connectivity index (χ2n) is 6.49. The number of anilines is 1. The van der Waals surface area contributed by atoms with Crippen LogP contribution in [0.2, 0.25) is 0 Å². The highest BCUT2D eigenvalue weighted by molar-refractivity contribution is 6.04. The molecule has 6 heteroatoms. The van der Waals surface area contributed by atoms with Crippen LogP contribution in [0.15, 0.2) is 42.5 Å². The number of amides is 2. The normalized spacial score (nSPS) is 18.1. The number of para-hydroxylation sites is 1. The smallest absolute Gasteiger partial charge is 0.253 e. The van der Waals surface area contributed by atoms with Crippen molar-refractivity contribution in [2.45, 2.75) is 19.9 Å². The number of ether oxygens (including phenoxy) is 1. The van der Waals surface area contributed by atoms with Gasteiger partial charge in [0.1, 0.15) is 11.6 Å². The lowest BCUT2D eigenvalue weighted by Gasteiger charge is -2.13. The van der Waals surface area contributed by atoms with Crippen LogP contribution in [0.5, 0.6) is 5.75 Å². The van der Waals surface area contributed by atoms with Gasteiger partial charge in [-0.2, -0.15) is 0 Å². The van der Waals surface area contributed by atoms with Crippen molar-refractivity contribution in [1.82, 2.24) is 5.32 Å². The van der Waals surface area contributed by atoms with Crippen LogP contribution >= 0.6 is 0 Å². The average Bonchev–Trinajstić information content (AvgIpc) is 3.38. The predicted octanol–water partition coefficient (Wildman–Crippen LogP) is 3.36. The van der Waals surface area contributed by atoms with E-state index in [1.165, 1.54) is 12.1 Å². The minimum Gasteiger partial charge on any atom is -0.496 e. The molecule has 136 valence electrons. The van der Waals surface area contributed by atoms with E-state index in [0.717, 1.165) is 18.1 Å². The fraction of sp³-hybridized carbons (Fsp3) is 0.300. The molecule has 0 radical (unpaired) electrons. The van der Waals surface area contributed by atoms with Crippen molar-refractivity contribution in [3.05, 3.63) is 59.4 Å². The summed E-state index contributed by atoms with van der Waals surface area (Å²) in [6, 6.07) is 11.1. The van der Waals surface area contributed by atoms with Crippen LogP contribution in [-0.2, 0) is 11.3 Å². The van der Waals surface area contributed by atoms with E-state index >= 15 is 0 Å². The molecular weight excluding hydrogens is 335 g/mol. The second-order valence-corrected chi connectivity index (χ2v) is 6.49. The molecule has 0 aromatic heterocycles. The fourth-order valence-electron chi connectivity index (χ4n) is 2.85. The maximum atomic E-state index is 13.6. The molecule has 2 aromatic rings. The third-order valence-corrected chi connectivity index (χ3v) is 4.56. The van der Waals surface area contributed by atoms with Crippen LogP contribution in [-0.4, -0.2) is 18.9 Å². The van der Waals surface area contributed by atoms with Crippen molar-refractivity contribution >= 4 is 17.5 Å². The van der Waals surface area contributed by atoms with E-state index in [0.29, 0.717) is 17.4 Å². The molecule has 0 bridgehead atoms. The maximum Gasteiger partial charge on any atom is 0.253 e. The standard InChI is InChI=1S/C20H21FN2O3/c1-12-9-15(12)20(25)23-17-8-7-14(21)10-16(17)19(24)22-11-13-5-3-4-6-18(13)26-2/h3-8,10,12,15H,9,11H2,1-2H3,(H,22,24)(H,23,25)/t12-,15-/m0/s1. The van der Waals surface area contributed by atoms with Gasteiger partial charge in [0, 0.05) is 18.0 Å². The van der Waals surface area contributed by atoms with Crippen molar-refractivity contribution in [2.24, 2.45) is 11.8 Å². The number of hydrogen-bond acceptors (Lipinski definition) is 3. The highest BCUT2D eigenvalue weighted by atomic mass is 19.1. The van der Waals surface area contributed by atoms with Crippen LogP contribution < -0.4 is 15.4 Å². The van der Waals surface area contributed by atoms with Crippen molar-refractivity contribution < 1.29 is 18.7 Å². The molecule has 26 heavy (non-hydrogen) atoms. The summed E-state index contributed by atoms with van der Waals surface area (Å²) in [6.45, 7) is 2.22. The first-order chi connectivity index (χ1) is 12.5. The van der Waals surface area contributed by atoms with E-state index in [9.17, 15) is 14.0 Å². The number of halogens is 1. The SMILES string of the molecule is COc1ccccc1CNC(=O)c1cc(F)ccc1NC(=O)[C@H]1C[C@@H]1C. The first kappa shape index (κ1) is 17.9. The molecule has 0 saturated heterocycles. The quantitative estimate of drug-likeness (QED) is 0.834. The average molecular weight is 356 g/mol. The number of carbonyl (C=O) groups excluding carboxylic acids is 2. The molecule has 5 nitrogen and oxygen atoms in total. The monoisotopic (exact) mass is 356 g/mol. The Kier molecular flexibility index (Phi) is 5.21. The Labute approximate surface area is 151 Å². The van der Waals surface area contributed by atoms with Gasteiger partial charge in [-0.15, -0.1) is 0 Å². The maximum absolute atomic E-state index is 13.6. The number of hydrogen-bond donors (Lipinski definition) is 2. The molecule has 1 saturated carbocycles. The Bertz CT molecular complexity index is 838. The van der Waals surface area contributed by atoms with E-state index in [4.69, 9.17) is 4.74 Å². The van der Waals surface area contributed by atoms with E-state index in [2.05, 4.69) is 10.6 Å². The van der Waals surface area contributed by atoms with E-state index in [-0.39, 0.29) is 23.9 Å². The number of benzene rings is 2. The molecular formula is C20H21FN2O3. The number of methoxy groups -OCH3 is 1. The van der Waals surface area contributed by atoms with Crippen LogP contribution in [0.4, 0.5) is 10.1 Å². The number of rotatable bonds is 6. The van der Waals surface area contributed by atoms with Gasteiger partial charge in [-0.1, -0.05) is 25.1 Å². The van der Waals surface area contributed by atoms with Gasteiger partial charge < -0.3 is 15.4 Å². The third-order valence-electron chi connectivity index (χ3n) is 4.56. The molecule has 1 aliphatic carbocycles. The van der Waals surface area contributed by atoms with Gasteiger partial charge in [0.05, 0.1) is 18.4 Å². The summed E-state index contributed by atoms with van der Waals surface area (Å²) in [4.78, 5) is 24.7. The number of carbonyl (C=O) groups is 2. The van der Waals surface area contributed by atoms with E-state index < -0.39 is 11.7 Å². The molecule has 1 fully saturated rings. The predicted molar refractivity (Wildman–Crippen MR) is 96.5 cm³/mol. The third kappa shape index (κ3) is 4.02. The molecule has 2 N–H and O–H groups in total. The molecule has 0 spiro atoms. The summed E-state index contributed by atoms with van der Waals surface area (Å²) in [5.41, 5.74) is 1.21. The lowest BCUT2D eigenvalue weighted by molar-refractivity contribution is -0.117. The lowest BCUT2D eigenvalue weighted by Crippen LogP contribution is -2.25. The molecule has 2 amide bonds. The Morgan fingerprint density at radius 3 is 2.65 bits per heavy atom. The van der Waals surface area contributed by atoms with Gasteiger partial charge in [-0.05, 0) is 36.6 Å². The zero-order valence-electron chi connectivity index (χ0n) is 14.7. The zero-order chi connectivity index (χ0) is 18.7. The lowest BCUT2D eigenvalue weighted by atomic mass is 10.1. The van der Waals surface area contributed by atoms with Crippen molar-refractivity contribution in [1.29, 1.82) is 0 Å². The van der Waals surface area contributed by atoms with Gasteiger partial charge in [0.2, 0.25) is 5.91 Å². The Hall–Kier alpha value is -2.89. The second kappa shape index (κ2) is 7.56. The van der Waals surface area contributed by atoms with Gasteiger partial charge in [-0.25, -0.2) is 4.39 Å². The van der Waals surface area contributed by atoms with Crippen molar-refractivity contribution in [3.63, 3.8) is 0 Å². The molecule has 2 atom stereocenters. The minimum absolute atomic E-state index is 0.0375. The minimum atomic E-state index is -0.537. The van der Waals surface area contributed by atoms with Gasteiger partial charge in [0.25, 0.3) is 5.91 Å². The van der Waals surface area contributed by atoms with Gasteiger partial charge in [0.15, 0.2) is 0 Å². The molecule has 0 aliphatic heterocycles. The Balaban J connectivity index is 1.73. The topological polar surface area (TPSA) is 67.4 Å². The van der Waals surface area contributed by atoms with Crippen molar-refractivity contribution in [2.75, 3.05) is 12.4 Å². The summed E-state index contributed by atoms with van der Waals surface area (Å²) < 4.78 is 18.9. The summed E-state index contributed by atoms with van der Waals surface area (Å²) in [6.07, 6.45) is 0.836. The largest absolute Gasteiger partial charge is 0.496 e. The molecule has 0 heterocycles. The first-order valence-electron chi connectivity index (χ1n) is 8.50. The molecule has 1 aliphatic rings. The van der Waals surface area contributed by atoms with Crippen LogP contribution in [0, 0.1) is 17.7 Å². The molecule has 0 unspecified atom stereocenters. The van der Waals surface area contributed by atoms with Crippen molar-refractivity contribution in [3.8, 4) is 5.75 Å². The molecule has 3 rings (SSSR count). The number of nitrogens with one attached hydrogen (secondary N) is 2. The fourth-order valence-corrected chi connectivity index (χ4v) is 2.85. The first-order valence-corrected chi connectivity index (χ1v) is 8.50. The van der Waals surface area contributed by atoms with Crippen LogP contribution in [0.1, 0.15) is 29.3 Å². The molecule has 2 aromatic carbocycles. The van der Waals surface area contributed by atoms with Gasteiger partial charge in [-0.3, -0.25) is 9.59 Å². The van der Waals surface area contributed by atoms with Crippen LogP contribution in [0.3, 0.4) is 0 Å². The summed E-state index contributed by atoms with van der Waals surface area (Å²) >= 11 is 0. The van der Waals surface area contributed by atoms with Crippen LogP contribution in [0.25, 0.3) is 0 Å².